The molecule has 1 saturated heterocycles. The molecule has 4 heteroatoms. The van der Waals surface area contributed by atoms with E-state index in [1.807, 2.05) is 12.4 Å². The van der Waals surface area contributed by atoms with Gasteiger partial charge >= 0.3 is 0 Å². The molecule has 4 rings (SSSR count). The molecule has 0 amide bonds. The summed E-state index contributed by atoms with van der Waals surface area (Å²) in [7, 11) is 0. The lowest BCUT2D eigenvalue weighted by Gasteiger charge is -2.35. The fourth-order valence-corrected chi connectivity index (χ4v) is 3.49. The summed E-state index contributed by atoms with van der Waals surface area (Å²) in [5.41, 5.74) is 2.55. The first kappa shape index (κ1) is 11.4. The molecular weight excluding hydrogens is 240 g/mol. The molecule has 1 aliphatic heterocycles. The Hall–Kier alpha value is -1.39. The highest BCUT2D eigenvalue weighted by Crippen LogP contribution is 2.43. The largest absolute Gasteiger partial charge is 0.360 e. The molecule has 3 heterocycles. The minimum atomic E-state index is -0.260. The van der Waals surface area contributed by atoms with Crippen LogP contribution in [0.3, 0.4) is 0 Å². The van der Waals surface area contributed by atoms with Crippen molar-refractivity contribution in [2.24, 2.45) is 0 Å². The summed E-state index contributed by atoms with van der Waals surface area (Å²) in [4.78, 5) is 7.48. The van der Waals surface area contributed by atoms with Crippen molar-refractivity contribution in [2.75, 3.05) is 13.2 Å². The number of nitrogens with zero attached hydrogens (tertiary/aromatic N) is 1. The van der Waals surface area contributed by atoms with E-state index in [-0.39, 0.29) is 5.79 Å². The minimum Gasteiger partial charge on any atom is -0.360 e. The summed E-state index contributed by atoms with van der Waals surface area (Å²) in [6, 6.07) is 2.11. The van der Waals surface area contributed by atoms with Gasteiger partial charge in [0.05, 0.1) is 24.9 Å². The van der Waals surface area contributed by atoms with E-state index >= 15 is 0 Å². The summed E-state index contributed by atoms with van der Waals surface area (Å²) < 4.78 is 11.6. The van der Waals surface area contributed by atoms with Crippen molar-refractivity contribution >= 4 is 10.9 Å². The van der Waals surface area contributed by atoms with E-state index in [0.29, 0.717) is 5.92 Å². The number of fused-ring (bicyclic) bond motifs is 1. The molecule has 2 aliphatic rings. The number of hydrogen-bond acceptors (Lipinski definition) is 3. The molecule has 0 radical (unpaired) electrons. The Morgan fingerprint density at radius 2 is 2.00 bits per heavy atom. The van der Waals surface area contributed by atoms with Crippen LogP contribution in [-0.2, 0) is 9.47 Å². The zero-order chi connectivity index (χ0) is 12.7. The van der Waals surface area contributed by atoms with Crippen molar-refractivity contribution in [2.45, 2.75) is 37.4 Å². The fraction of sp³-hybridized carbons (Fsp3) is 0.533. The number of ether oxygens (including phenoxy) is 2. The number of nitrogens with one attached hydrogen (secondary N) is 1. The second-order valence-corrected chi connectivity index (χ2v) is 5.55. The Morgan fingerprint density at radius 3 is 2.79 bits per heavy atom. The molecule has 0 atom stereocenters. The number of rotatable bonds is 1. The van der Waals surface area contributed by atoms with Gasteiger partial charge in [-0.1, -0.05) is 0 Å². The summed E-state index contributed by atoms with van der Waals surface area (Å²) in [6.07, 6.45) is 10.2. The first-order valence-corrected chi connectivity index (χ1v) is 7.05. The first-order valence-electron chi connectivity index (χ1n) is 7.05. The van der Waals surface area contributed by atoms with Crippen molar-refractivity contribution in [3.63, 3.8) is 0 Å². The second-order valence-electron chi connectivity index (χ2n) is 5.55. The van der Waals surface area contributed by atoms with Crippen LogP contribution in [0.2, 0.25) is 0 Å². The summed E-state index contributed by atoms with van der Waals surface area (Å²) in [6.45, 7) is 1.51. The average Bonchev–Trinajstić information content (AvgIpc) is 3.08. The number of pyridine rings is 1. The van der Waals surface area contributed by atoms with E-state index in [2.05, 4.69) is 22.2 Å². The van der Waals surface area contributed by atoms with E-state index in [1.165, 1.54) is 10.9 Å². The monoisotopic (exact) mass is 258 g/mol. The lowest BCUT2D eigenvalue weighted by Crippen LogP contribution is -2.34. The Bertz CT molecular complexity index is 577. The summed E-state index contributed by atoms with van der Waals surface area (Å²) in [5, 5.41) is 1.31. The standard InChI is InChI=1S/C15H18N2O2/c1-4-15(18-7-8-19-15)5-2-11(1)13-9-17-14-10-16-6-3-12(13)14/h3,6,9-11,17H,1-2,4-5,7-8H2. The van der Waals surface area contributed by atoms with Gasteiger partial charge in [-0.05, 0) is 30.4 Å². The Labute approximate surface area is 112 Å². The van der Waals surface area contributed by atoms with E-state index in [1.54, 1.807) is 0 Å². The predicted molar refractivity (Wildman–Crippen MR) is 71.9 cm³/mol. The van der Waals surface area contributed by atoms with Crippen molar-refractivity contribution in [1.29, 1.82) is 0 Å². The van der Waals surface area contributed by atoms with Gasteiger partial charge < -0.3 is 14.5 Å². The maximum atomic E-state index is 5.79. The molecule has 0 unspecified atom stereocenters. The van der Waals surface area contributed by atoms with Crippen molar-refractivity contribution in [1.82, 2.24) is 9.97 Å². The molecular formula is C15H18N2O2. The minimum absolute atomic E-state index is 0.260. The zero-order valence-corrected chi connectivity index (χ0v) is 10.9. The van der Waals surface area contributed by atoms with Gasteiger partial charge in [-0.2, -0.15) is 0 Å². The van der Waals surface area contributed by atoms with Gasteiger partial charge in [0.1, 0.15) is 0 Å². The number of H-pyrrole nitrogens is 1. The molecule has 1 saturated carbocycles. The molecule has 1 N–H and O–H groups in total. The van der Waals surface area contributed by atoms with Gasteiger partial charge in [-0.25, -0.2) is 0 Å². The van der Waals surface area contributed by atoms with Crippen LogP contribution in [0, 0.1) is 0 Å². The summed E-state index contributed by atoms with van der Waals surface area (Å²) >= 11 is 0. The van der Waals surface area contributed by atoms with Crippen LogP contribution in [-0.4, -0.2) is 29.0 Å². The van der Waals surface area contributed by atoms with E-state index in [0.717, 1.165) is 44.4 Å². The lowest BCUT2D eigenvalue weighted by atomic mass is 9.81. The zero-order valence-electron chi connectivity index (χ0n) is 10.9. The number of aromatic amines is 1. The van der Waals surface area contributed by atoms with Crippen molar-refractivity contribution in [3.05, 3.63) is 30.2 Å². The van der Waals surface area contributed by atoms with E-state index in [9.17, 15) is 0 Å². The van der Waals surface area contributed by atoms with Crippen molar-refractivity contribution in [3.8, 4) is 0 Å². The van der Waals surface area contributed by atoms with Gasteiger partial charge in [0.15, 0.2) is 5.79 Å². The molecule has 2 aromatic heterocycles. The highest BCUT2D eigenvalue weighted by Gasteiger charge is 2.40. The molecule has 0 bridgehead atoms. The van der Waals surface area contributed by atoms with Gasteiger partial charge in [0.25, 0.3) is 0 Å². The topological polar surface area (TPSA) is 47.1 Å². The number of hydrogen-bond donors (Lipinski definition) is 1. The third-order valence-corrected chi connectivity index (χ3v) is 4.52. The number of aromatic nitrogens is 2. The second kappa shape index (κ2) is 4.32. The third kappa shape index (κ3) is 1.86. The molecule has 0 aromatic carbocycles. The predicted octanol–water partition coefficient (Wildman–Crippen LogP) is 2.96. The molecule has 19 heavy (non-hydrogen) atoms. The molecule has 1 spiro atoms. The smallest absolute Gasteiger partial charge is 0.168 e. The van der Waals surface area contributed by atoms with Crippen LogP contribution < -0.4 is 0 Å². The van der Waals surface area contributed by atoms with Crippen LogP contribution in [0.15, 0.2) is 24.7 Å². The van der Waals surface area contributed by atoms with Crippen LogP contribution in [0.5, 0.6) is 0 Å². The first-order chi connectivity index (χ1) is 9.36. The van der Waals surface area contributed by atoms with Gasteiger partial charge in [0, 0.05) is 30.6 Å². The molecule has 4 nitrogen and oxygen atoms in total. The SMILES string of the molecule is c1cc2c(C3CCC4(CC3)OCCO4)c[nH]c2cn1. The van der Waals surface area contributed by atoms with E-state index in [4.69, 9.17) is 9.47 Å². The fourth-order valence-electron chi connectivity index (χ4n) is 3.49. The quantitative estimate of drug-likeness (QED) is 0.855. The third-order valence-electron chi connectivity index (χ3n) is 4.52. The summed E-state index contributed by atoms with van der Waals surface area (Å²) in [5.74, 6) is 0.346. The van der Waals surface area contributed by atoms with Crippen LogP contribution >= 0.6 is 0 Å². The highest BCUT2D eigenvalue weighted by atomic mass is 16.7. The van der Waals surface area contributed by atoms with E-state index < -0.39 is 0 Å². The Balaban J connectivity index is 1.58. The Kier molecular flexibility index (Phi) is 2.60. The van der Waals surface area contributed by atoms with Crippen molar-refractivity contribution < 1.29 is 9.47 Å². The molecule has 2 aromatic rings. The molecule has 100 valence electrons. The highest BCUT2D eigenvalue weighted by molar-refractivity contribution is 5.82. The average molecular weight is 258 g/mol. The maximum Gasteiger partial charge on any atom is 0.168 e. The van der Waals surface area contributed by atoms with Crippen LogP contribution in [0.25, 0.3) is 10.9 Å². The lowest BCUT2D eigenvalue weighted by molar-refractivity contribution is -0.178. The Morgan fingerprint density at radius 1 is 1.21 bits per heavy atom. The molecule has 2 fully saturated rings. The van der Waals surface area contributed by atoms with Gasteiger partial charge in [-0.3, -0.25) is 4.98 Å². The van der Waals surface area contributed by atoms with Crippen LogP contribution in [0.1, 0.15) is 37.2 Å². The normalized spacial score (nSPS) is 23.4. The van der Waals surface area contributed by atoms with Crippen LogP contribution in [0.4, 0.5) is 0 Å². The van der Waals surface area contributed by atoms with Gasteiger partial charge in [0.2, 0.25) is 0 Å². The molecule has 1 aliphatic carbocycles. The maximum absolute atomic E-state index is 5.79. The van der Waals surface area contributed by atoms with Gasteiger partial charge in [-0.15, -0.1) is 0 Å².